The van der Waals surface area contributed by atoms with Crippen LogP contribution < -0.4 is 5.32 Å². The van der Waals surface area contributed by atoms with Crippen LogP contribution in [0.3, 0.4) is 0 Å². The smallest absolute Gasteiger partial charge is 0.253 e. The van der Waals surface area contributed by atoms with Crippen LogP contribution >= 0.6 is 11.6 Å². The summed E-state index contributed by atoms with van der Waals surface area (Å²) in [7, 11) is 0. The maximum Gasteiger partial charge on any atom is 0.253 e. The Morgan fingerprint density at radius 1 is 1.17 bits per heavy atom. The lowest BCUT2D eigenvalue weighted by Gasteiger charge is -2.05. The number of rotatable bonds is 3. The van der Waals surface area contributed by atoms with Crippen LogP contribution in [0.25, 0.3) is 10.9 Å². The molecule has 2 aromatic carbocycles. The van der Waals surface area contributed by atoms with Gasteiger partial charge in [-0.1, -0.05) is 23.7 Å². The maximum absolute atomic E-state index is 13.5. The van der Waals surface area contributed by atoms with Crippen LogP contribution in [0.4, 0.5) is 4.39 Å². The zero-order valence-corrected chi connectivity index (χ0v) is 13.6. The molecule has 6 heteroatoms. The van der Waals surface area contributed by atoms with Crippen LogP contribution in [0.5, 0.6) is 0 Å². The minimum absolute atomic E-state index is 0.247. The van der Waals surface area contributed by atoms with Gasteiger partial charge in [-0.2, -0.15) is 0 Å². The summed E-state index contributed by atoms with van der Waals surface area (Å²) in [4.78, 5) is 24.2. The first-order valence-corrected chi connectivity index (χ1v) is 7.67. The molecule has 0 radical (unpaired) electrons. The van der Waals surface area contributed by atoms with Crippen molar-refractivity contribution in [3.8, 4) is 0 Å². The molecule has 0 aliphatic heterocycles. The van der Waals surface area contributed by atoms with Crippen LogP contribution in [0.1, 0.15) is 27.6 Å². The van der Waals surface area contributed by atoms with E-state index >= 15 is 0 Å². The lowest BCUT2D eigenvalue weighted by molar-refractivity contribution is 0.0941. The molecule has 0 aliphatic rings. The lowest BCUT2D eigenvalue weighted by atomic mass is 10.1. The molecule has 0 fully saturated rings. The van der Waals surface area contributed by atoms with Crippen LogP contribution in [-0.2, 0) is 6.54 Å². The number of hydrogen-bond donors (Lipinski definition) is 1. The zero-order valence-electron chi connectivity index (χ0n) is 12.8. The normalized spacial score (nSPS) is 10.8. The summed E-state index contributed by atoms with van der Waals surface area (Å²) in [5, 5.41) is 3.79. The van der Waals surface area contributed by atoms with Crippen LogP contribution in [-0.4, -0.2) is 16.4 Å². The van der Waals surface area contributed by atoms with Crippen molar-refractivity contribution in [2.45, 2.75) is 13.5 Å². The van der Waals surface area contributed by atoms with Crippen molar-refractivity contribution in [2.75, 3.05) is 0 Å². The molecule has 1 aromatic heterocycles. The third kappa shape index (κ3) is 3.16. The minimum Gasteiger partial charge on any atom is -0.348 e. The molecule has 3 rings (SSSR count). The molecule has 3 aromatic rings. The molecule has 122 valence electrons. The molecule has 24 heavy (non-hydrogen) atoms. The highest BCUT2D eigenvalue weighted by Gasteiger charge is 2.17. The zero-order chi connectivity index (χ0) is 17.3. The predicted molar refractivity (Wildman–Crippen MR) is 90.8 cm³/mol. The van der Waals surface area contributed by atoms with E-state index in [1.165, 1.54) is 35.9 Å². The van der Waals surface area contributed by atoms with Gasteiger partial charge in [-0.05, 0) is 35.9 Å². The van der Waals surface area contributed by atoms with E-state index in [0.717, 1.165) is 5.56 Å². The van der Waals surface area contributed by atoms with Gasteiger partial charge in [0.25, 0.3) is 5.91 Å². The summed E-state index contributed by atoms with van der Waals surface area (Å²) < 4.78 is 14.9. The van der Waals surface area contributed by atoms with Gasteiger partial charge in [0.15, 0.2) is 0 Å². The Morgan fingerprint density at radius 2 is 1.88 bits per heavy atom. The monoisotopic (exact) mass is 344 g/mol. The average Bonchev–Trinajstić information content (AvgIpc) is 2.93. The van der Waals surface area contributed by atoms with Crippen molar-refractivity contribution in [2.24, 2.45) is 0 Å². The number of carbonyl (C=O) groups excluding carboxylic acids is 2. The number of fused-ring (bicyclic) bond motifs is 1. The molecule has 0 atom stereocenters. The average molecular weight is 345 g/mol. The van der Waals surface area contributed by atoms with E-state index in [0.29, 0.717) is 22.5 Å². The summed E-state index contributed by atoms with van der Waals surface area (Å²) in [5.74, 6) is -1.08. The van der Waals surface area contributed by atoms with Crippen molar-refractivity contribution in [1.29, 1.82) is 0 Å². The van der Waals surface area contributed by atoms with Crippen molar-refractivity contribution < 1.29 is 14.0 Å². The molecule has 1 amide bonds. The van der Waals surface area contributed by atoms with E-state index in [9.17, 15) is 14.0 Å². The Kier molecular flexibility index (Phi) is 4.36. The summed E-state index contributed by atoms with van der Waals surface area (Å²) >= 11 is 5.83. The first-order valence-electron chi connectivity index (χ1n) is 7.30. The molecule has 0 bridgehead atoms. The van der Waals surface area contributed by atoms with Gasteiger partial charge >= 0.3 is 0 Å². The van der Waals surface area contributed by atoms with Crippen molar-refractivity contribution in [3.05, 3.63) is 70.6 Å². The molecule has 0 aliphatic carbocycles. The number of hydrogen-bond acceptors (Lipinski definition) is 2. The number of amides is 1. The molecule has 1 N–H and O–H groups in total. The summed E-state index contributed by atoms with van der Waals surface area (Å²) in [6.07, 6.45) is 1.43. The number of aromatic nitrogens is 1. The summed E-state index contributed by atoms with van der Waals surface area (Å²) in [6, 6.07) is 11.1. The van der Waals surface area contributed by atoms with Crippen molar-refractivity contribution in [1.82, 2.24) is 9.88 Å². The van der Waals surface area contributed by atoms with E-state index in [-0.39, 0.29) is 17.4 Å². The Labute approximate surface area is 142 Å². The van der Waals surface area contributed by atoms with Crippen LogP contribution in [0, 0.1) is 5.82 Å². The van der Waals surface area contributed by atoms with Gasteiger partial charge in [0.2, 0.25) is 5.91 Å². The third-order valence-electron chi connectivity index (χ3n) is 3.72. The Hall–Kier alpha value is -2.66. The third-order valence-corrected chi connectivity index (χ3v) is 3.97. The van der Waals surface area contributed by atoms with Crippen molar-refractivity contribution in [3.63, 3.8) is 0 Å². The molecule has 1 heterocycles. The maximum atomic E-state index is 13.5. The number of benzene rings is 2. The molecule has 0 spiro atoms. The molecule has 4 nitrogen and oxygen atoms in total. The lowest BCUT2D eigenvalue weighted by Crippen LogP contribution is -2.22. The summed E-state index contributed by atoms with van der Waals surface area (Å²) in [6.45, 7) is 1.69. The highest BCUT2D eigenvalue weighted by atomic mass is 35.5. The van der Waals surface area contributed by atoms with Gasteiger partial charge in [0, 0.05) is 30.1 Å². The van der Waals surface area contributed by atoms with E-state index in [2.05, 4.69) is 5.32 Å². The second kappa shape index (κ2) is 6.45. The van der Waals surface area contributed by atoms with Gasteiger partial charge in [-0.3, -0.25) is 14.2 Å². The Balaban J connectivity index is 1.90. The first-order chi connectivity index (χ1) is 11.5. The largest absolute Gasteiger partial charge is 0.348 e. The topological polar surface area (TPSA) is 51.1 Å². The minimum atomic E-state index is -0.462. The number of nitrogens with zero attached hydrogens (tertiary/aromatic N) is 1. The quantitative estimate of drug-likeness (QED) is 0.780. The van der Waals surface area contributed by atoms with Gasteiger partial charge in [-0.25, -0.2) is 4.39 Å². The highest BCUT2D eigenvalue weighted by molar-refractivity contribution is 6.30. The van der Waals surface area contributed by atoms with E-state index in [4.69, 9.17) is 11.6 Å². The molecule has 0 unspecified atom stereocenters. The molecular formula is C18H14ClFN2O2. The molecular weight excluding hydrogens is 331 g/mol. The number of carbonyl (C=O) groups is 2. The Morgan fingerprint density at radius 3 is 2.54 bits per heavy atom. The summed E-state index contributed by atoms with van der Waals surface area (Å²) in [5.41, 5.74) is 1.64. The van der Waals surface area contributed by atoms with E-state index in [1.807, 2.05) is 0 Å². The second-order valence-corrected chi connectivity index (χ2v) is 5.84. The standard InChI is InChI=1S/C18H14ClFN2O2/c1-11(23)22-10-16(15-8-14(20)6-7-17(15)22)18(24)21-9-12-2-4-13(19)5-3-12/h2-8,10H,9H2,1H3,(H,21,24). The predicted octanol–water partition coefficient (Wildman–Crippen LogP) is 4.02. The fraction of sp³-hybridized carbons (Fsp3) is 0.111. The van der Waals surface area contributed by atoms with Crippen LogP contribution in [0.15, 0.2) is 48.7 Å². The molecule has 0 saturated carbocycles. The van der Waals surface area contributed by atoms with Crippen LogP contribution in [0.2, 0.25) is 5.02 Å². The highest BCUT2D eigenvalue weighted by Crippen LogP contribution is 2.23. The van der Waals surface area contributed by atoms with Crippen molar-refractivity contribution >= 4 is 34.3 Å². The second-order valence-electron chi connectivity index (χ2n) is 5.40. The fourth-order valence-electron chi connectivity index (χ4n) is 2.52. The van der Waals surface area contributed by atoms with Gasteiger partial charge in [0.1, 0.15) is 5.82 Å². The number of nitrogens with one attached hydrogen (secondary N) is 1. The van der Waals surface area contributed by atoms with Gasteiger partial charge in [-0.15, -0.1) is 0 Å². The fourth-order valence-corrected chi connectivity index (χ4v) is 2.65. The van der Waals surface area contributed by atoms with E-state index < -0.39 is 5.82 Å². The first kappa shape index (κ1) is 16.2. The van der Waals surface area contributed by atoms with Gasteiger partial charge < -0.3 is 5.32 Å². The SMILES string of the molecule is CC(=O)n1cc(C(=O)NCc2ccc(Cl)cc2)c2cc(F)ccc21. The van der Waals surface area contributed by atoms with E-state index in [1.54, 1.807) is 24.3 Å². The van der Waals surface area contributed by atoms with Gasteiger partial charge in [0.05, 0.1) is 11.1 Å². The Bertz CT molecular complexity index is 932. The number of halogens is 2. The molecule has 0 saturated heterocycles.